The first-order valence-electron chi connectivity index (χ1n) is 7.25. The molecule has 0 unspecified atom stereocenters. The van der Waals surface area contributed by atoms with Gasteiger partial charge < -0.3 is 19.8 Å². The number of aliphatic hydroxyl groups is 1. The molecule has 20 heavy (non-hydrogen) atoms. The summed E-state index contributed by atoms with van der Waals surface area (Å²) in [6.07, 6.45) is 2.22. The molecule has 0 radical (unpaired) electrons. The number of likely N-dealkylation sites (tertiary alicyclic amines) is 2. The van der Waals surface area contributed by atoms with Gasteiger partial charge in [0.1, 0.15) is 6.04 Å². The number of carbonyl (C=O) groups excluding carboxylic acids is 2. The third kappa shape index (κ3) is 3.12. The van der Waals surface area contributed by atoms with Crippen molar-refractivity contribution in [2.75, 3.05) is 40.3 Å². The fourth-order valence-electron chi connectivity index (χ4n) is 3.37. The Bertz CT molecular complexity index is 399. The second kappa shape index (κ2) is 5.69. The second-order valence-electron chi connectivity index (χ2n) is 6.34. The third-order valence-corrected chi connectivity index (χ3v) is 4.20. The number of amides is 2. The van der Waals surface area contributed by atoms with E-state index in [1.54, 1.807) is 9.80 Å². The highest BCUT2D eigenvalue weighted by molar-refractivity contribution is 5.87. The average molecular weight is 283 g/mol. The van der Waals surface area contributed by atoms with Crippen LogP contribution in [0.25, 0.3) is 0 Å². The highest BCUT2D eigenvalue weighted by Gasteiger charge is 2.42. The summed E-state index contributed by atoms with van der Waals surface area (Å²) in [5.74, 6) is -0.0454. The molecule has 6 nitrogen and oxygen atoms in total. The van der Waals surface area contributed by atoms with Crippen molar-refractivity contribution < 1.29 is 14.7 Å². The summed E-state index contributed by atoms with van der Waals surface area (Å²) in [7, 11) is 3.83. The Hall–Kier alpha value is -1.14. The summed E-state index contributed by atoms with van der Waals surface area (Å²) >= 11 is 0. The van der Waals surface area contributed by atoms with Crippen molar-refractivity contribution in [1.29, 1.82) is 0 Å². The lowest BCUT2D eigenvalue weighted by Crippen LogP contribution is -2.49. The van der Waals surface area contributed by atoms with Gasteiger partial charge >= 0.3 is 0 Å². The second-order valence-corrected chi connectivity index (χ2v) is 6.34. The molecule has 114 valence electrons. The number of nitrogens with zero attached hydrogens (tertiary/aromatic N) is 3. The SMILES string of the molecule is CC(=O)N1CCC[C@@H]1C(=O)N1CC[C@](O)(CN(C)C)C1. The topological polar surface area (TPSA) is 64.1 Å². The number of hydrogen-bond acceptors (Lipinski definition) is 4. The van der Waals surface area contributed by atoms with Gasteiger partial charge in [0.15, 0.2) is 0 Å². The molecule has 0 aliphatic carbocycles. The Morgan fingerprint density at radius 1 is 1.35 bits per heavy atom. The molecule has 0 aromatic carbocycles. The van der Waals surface area contributed by atoms with Gasteiger partial charge in [0.25, 0.3) is 0 Å². The van der Waals surface area contributed by atoms with E-state index < -0.39 is 5.60 Å². The zero-order chi connectivity index (χ0) is 14.9. The van der Waals surface area contributed by atoms with Gasteiger partial charge in [-0.25, -0.2) is 0 Å². The van der Waals surface area contributed by atoms with Gasteiger partial charge in [-0.2, -0.15) is 0 Å². The molecule has 2 aliphatic heterocycles. The van der Waals surface area contributed by atoms with Crippen LogP contribution in [0.4, 0.5) is 0 Å². The van der Waals surface area contributed by atoms with Crippen LogP contribution in [0.3, 0.4) is 0 Å². The first kappa shape index (κ1) is 15.3. The number of likely N-dealkylation sites (N-methyl/N-ethyl adjacent to an activating group) is 1. The minimum Gasteiger partial charge on any atom is -0.387 e. The van der Waals surface area contributed by atoms with Crippen LogP contribution >= 0.6 is 0 Å². The van der Waals surface area contributed by atoms with Gasteiger partial charge in [-0.05, 0) is 33.4 Å². The van der Waals surface area contributed by atoms with Crippen molar-refractivity contribution >= 4 is 11.8 Å². The van der Waals surface area contributed by atoms with Crippen LogP contribution in [-0.4, -0.2) is 83.5 Å². The maximum Gasteiger partial charge on any atom is 0.245 e. The van der Waals surface area contributed by atoms with Crippen molar-refractivity contribution in [3.63, 3.8) is 0 Å². The van der Waals surface area contributed by atoms with Gasteiger partial charge in [0, 0.05) is 26.6 Å². The van der Waals surface area contributed by atoms with Crippen molar-refractivity contribution in [3.05, 3.63) is 0 Å². The summed E-state index contributed by atoms with van der Waals surface area (Å²) in [6, 6.07) is -0.325. The Morgan fingerprint density at radius 3 is 2.65 bits per heavy atom. The zero-order valence-electron chi connectivity index (χ0n) is 12.6. The highest BCUT2D eigenvalue weighted by Crippen LogP contribution is 2.26. The van der Waals surface area contributed by atoms with E-state index in [0.717, 1.165) is 12.8 Å². The maximum absolute atomic E-state index is 12.5. The van der Waals surface area contributed by atoms with Crippen LogP contribution in [0, 0.1) is 0 Å². The Labute approximate surface area is 120 Å². The van der Waals surface area contributed by atoms with E-state index in [0.29, 0.717) is 32.6 Å². The first-order valence-corrected chi connectivity index (χ1v) is 7.25. The van der Waals surface area contributed by atoms with Crippen molar-refractivity contribution in [3.8, 4) is 0 Å². The standard InChI is InChI=1S/C14H25N3O3/c1-11(18)17-7-4-5-12(17)13(19)16-8-6-14(20,10-16)9-15(2)3/h12,20H,4-10H2,1-3H3/t12-,14+/m1/s1. The monoisotopic (exact) mass is 283 g/mol. The van der Waals surface area contributed by atoms with E-state index >= 15 is 0 Å². The lowest BCUT2D eigenvalue weighted by atomic mass is 10.0. The van der Waals surface area contributed by atoms with E-state index in [4.69, 9.17) is 0 Å². The van der Waals surface area contributed by atoms with Gasteiger partial charge in [-0.1, -0.05) is 0 Å². The molecule has 0 bridgehead atoms. The third-order valence-electron chi connectivity index (χ3n) is 4.20. The fraction of sp³-hybridized carbons (Fsp3) is 0.857. The number of rotatable bonds is 3. The van der Waals surface area contributed by atoms with Crippen LogP contribution in [-0.2, 0) is 9.59 Å². The Balaban J connectivity index is 1.99. The fourth-order valence-corrected chi connectivity index (χ4v) is 3.37. The normalized spacial score (nSPS) is 30.4. The van der Waals surface area contributed by atoms with Crippen LogP contribution in [0.2, 0.25) is 0 Å². The zero-order valence-corrected chi connectivity index (χ0v) is 12.6. The average Bonchev–Trinajstić information content (AvgIpc) is 2.93. The molecule has 6 heteroatoms. The summed E-state index contributed by atoms with van der Waals surface area (Å²) in [5, 5.41) is 10.5. The molecular weight excluding hydrogens is 258 g/mol. The molecule has 2 rings (SSSR count). The Morgan fingerprint density at radius 2 is 2.05 bits per heavy atom. The lowest BCUT2D eigenvalue weighted by Gasteiger charge is -2.29. The maximum atomic E-state index is 12.5. The Kier molecular flexibility index (Phi) is 4.34. The molecule has 0 spiro atoms. The van der Waals surface area contributed by atoms with Gasteiger partial charge in [0.05, 0.1) is 12.1 Å². The summed E-state index contributed by atoms with van der Waals surface area (Å²) in [5.41, 5.74) is -0.821. The van der Waals surface area contributed by atoms with Crippen LogP contribution < -0.4 is 0 Å². The van der Waals surface area contributed by atoms with E-state index in [2.05, 4.69) is 0 Å². The summed E-state index contributed by atoms with van der Waals surface area (Å²) in [6.45, 7) is 3.68. The molecule has 1 N–H and O–H groups in total. The van der Waals surface area contributed by atoms with Crippen LogP contribution in [0.15, 0.2) is 0 Å². The molecule has 2 aliphatic rings. The van der Waals surface area contributed by atoms with Crippen molar-refractivity contribution in [2.45, 2.75) is 37.8 Å². The smallest absolute Gasteiger partial charge is 0.245 e. The van der Waals surface area contributed by atoms with E-state index in [-0.39, 0.29) is 17.9 Å². The van der Waals surface area contributed by atoms with Gasteiger partial charge in [-0.15, -0.1) is 0 Å². The molecule has 0 saturated carbocycles. The molecule has 2 saturated heterocycles. The van der Waals surface area contributed by atoms with Crippen LogP contribution in [0.5, 0.6) is 0 Å². The summed E-state index contributed by atoms with van der Waals surface area (Å²) in [4.78, 5) is 29.4. The lowest BCUT2D eigenvalue weighted by molar-refractivity contribution is -0.142. The molecular formula is C14H25N3O3. The van der Waals surface area contributed by atoms with Crippen LogP contribution in [0.1, 0.15) is 26.2 Å². The predicted molar refractivity (Wildman–Crippen MR) is 75.1 cm³/mol. The molecule has 2 amide bonds. The quantitative estimate of drug-likeness (QED) is 0.760. The number of hydrogen-bond donors (Lipinski definition) is 1. The van der Waals surface area contributed by atoms with Crippen molar-refractivity contribution in [2.24, 2.45) is 0 Å². The minimum atomic E-state index is -0.821. The largest absolute Gasteiger partial charge is 0.387 e. The number of carbonyl (C=O) groups is 2. The molecule has 2 heterocycles. The van der Waals surface area contributed by atoms with Crippen molar-refractivity contribution in [1.82, 2.24) is 14.7 Å². The molecule has 0 aromatic heterocycles. The highest BCUT2D eigenvalue weighted by atomic mass is 16.3. The number of β-amino-alcohol motifs (C(OH)–C–C–N with tert-alkyl or cyclic N) is 1. The van der Waals surface area contributed by atoms with Gasteiger partial charge in [-0.3, -0.25) is 9.59 Å². The van der Waals surface area contributed by atoms with E-state index in [1.165, 1.54) is 6.92 Å². The predicted octanol–water partition coefficient (Wildman–Crippen LogP) is -0.478. The molecule has 2 fully saturated rings. The molecule has 2 atom stereocenters. The van der Waals surface area contributed by atoms with E-state index in [9.17, 15) is 14.7 Å². The molecule has 0 aromatic rings. The van der Waals surface area contributed by atoms with Gasteiger partial charge in [0.2, 0.25) is 11.8 Å². The summed E-state index contributed by atoms with van der Waals surface area (Å²) < 4.78 is 0. The van der Waals surface area contributed by atoms with E-state index in [1.807, 2.05) is 19.0 Å². The minimum absolute atomic E-state index is 0.00705. The first-order chi connectivity index (χ1) is 9.32.